The van der Waals surface area contributed by atoms with Crippen LogP contribution in [0.5, 0.6) is 17.2 Å². The molecular formula is C23H22N2O5S. The number of allylic oxidation sites excluding steroid dienone is 1. The number of anilines is 1. The second-order valence-electron chi connectivity index (χ2n) is 6.61. The van der Waals surface area contributed by atoms with Crippen LogP contribution < -0.4 is 19.7 Å². The largest absolute Gasteiger partial charge is 0.504 e. The molecule has 2 aromatic carbocycles. The van der Waals surface area contributed by atoms with E-state index in [1.165, 1.54) is 11.0 Å². The molecule has 7 nitrogen and oxygen atoms in total. The third kappa shape index (κ3) is 4.59. The van der Waals surface area contributed by atoms with Crippen molar-refractivity contribution in [2.45, 2.75) is 13.3 Å². The zero-order chi connectivity index (χ0) is 22.5. The number of carbonyl (C=O) groups excluding carboxylic acids is 2. The average Bonchev–Trinajstić information content (AvgIpc) is 2.75. The highest BCUT2D eigenvalue weighted by Crippen LogP contribution is 2.33. The Morgan fingerprint density at radius 2 is 1.94 bits per heavy atom. The molecule has 0 unspecified atom stereocenters. The normalized spacial score (nSPS) is 15.1. The number of phenols is 1. The molecule has 0 atom stereocenters. The standard InChI is InChI=1S/C23H22N2O5S/c1-4-6-15-11-14(13-19(20(15)26)30-5-2)12-18-21(27)24-23(31)25(22(18)28)16-7-9-17(29-3)10-8-16/h4,7-13,26H,1,5-6H2,2-3H3,(H,24,27,31)/b18-12+. The Labute approximate surface area is 185 Å². The lowest BCUT2D eigenvalue weighted by Crippen LogP contribution is -2.54. The number of thiocarbonyl (C=S) groups is 1. The van der Waals surface area contributed by atoms with Gasteiger partial charge in [0.1, 0.15) is 11.3 Å². The van der Waals surface area contributed by atoms with Gasteiger partial charge in [0.25, 0.3) is 11.8 Å². The Morgan fingerprint density at radius 3 is 2.55 bits per heavy atom. The molecule has 1 fully saturated rings. The van der Waals surface area contributed by atoms with E-state index in [9.17, 15) is 14.7 Å². The number of phenolic OH excluding ortho intramolecular Hbond substituents is 1. The van der Waals surface area contributed by atoms with Crippen LogP contribution in [0.15, 0.2) is 54.6 Å². The van der Waals surface area contributed by atoms with Crippen LogP contribution in [0.2, 0.25) is 0 Å². The molecule has 2 amide bonds. The van der Waals surface area contributed by atoms with Gasteiger partial charge < -0.3 is 14.6 Å². The van der Waals surface area contributed by atoms with E-state index in [0.29, 0.717) is 35.6 Å². The number of nitrogens with zero attached hydrogens (tertiary/aromatic N) is 1. The molecule has 0 saturated carbocycles. The molecule has 1 aliphatic heterocycles. The molecule has 0 radical (unpaired) electrons. The van der Waals surface area contributed by atoms with Crippen LogP contribution in [0.1, 0.15) is 18.1 Å². The predicted octanol–water partition coefficient (Wildman–Crippen LogP) is 3.36. The van der Waals surface area contributed by atoms with E-state index in [-0.39, 0.29) is 22.2 Å². The fourth-order valence-electron chi connectivity index (χ4n) is 3.14. The molecule has 2 aromatic rings. The first kappa shape index (κ1) is 22.0. The second kappa shape index (κ2) is 9.44. The van der Waals surface area contributed by atoms with Gasteiger partial charge in [0, 0.05) is 5.56 Å². The summed E-state index contributed by atoms with van der Waals surface area (Å²) in [6.45, 7) is 5.83. The summed E-state index contributed by atoms with van der Waals surface area (Å²) in [7, 11) is 1.54. The van der Waals surface area contributed by atoms with Crippen LogP contribution in [0, 0.1) is 0 Å². The van der Waals surface area contributed by atoms with Gasteiger partial charge in [-0.3, -0.25) is 19.8 Å². The first-order chi connectivity index (χ1) is 14.9. The lowest BCUT2D eigenvalue weighted by Gasteiger charge is -2.29. The predicted molar refractivity (Wildman–Crippen MR) is 122 cm³/mol. The number of nitrogens with one attached hydrogen (secondary N) is 1. The zero-order valence-corrected chi connectivity index (χ0v) is 18.0. The Morgan fingerprint density at radius 1 is 1.23 bits per heavy atom. The lowest BCUT2D eigenvalue weighted by molar-refractivity contribution is -0.122. The van der Waals surface area contributed by atoms with Crippen molar-refractivity contribution in [3.63, 3.8) is 0 Å². The molecule has 0 spiro atoms. The molecule has 0 bridgehead atoms. The average molecular weight is 439 g/mol. The van der Waals surface area contributed by atoms with E-state index in [0.717, 1.165) is 0 Å². The number of aromatic hydroxyl groups is 1. The van der Waals surface area contributed by atoms with E-state index >= 15 is 0 Å². The summed E-state index contributed by atoms with van der Waals surface area (Å²) in [5.41, 5.74) is 1.50. The van der Waals surface area contributed by atoms with E-state index < -0.39 is 11.8 Å². The molecule has 0 aromatic heterocycles. The monoisotopic (exact) mass is 438 g/mol. The van der Waals surface area contributed by atoms with Crippen molar-refractivity contribution >= 4 is 40.9 Å². The fourth-order valence-corrected chi connectivity index (χ4v) is 3.42. The Bertz CT molecular complexity index is 1080. The molecule has 1 saturated heterocycles. The first-order valence-electron chi connectivity index (χ1n) is 9.54. The summed E-state index contributed by atoms with van der Waals surface area (Å²) in [6, 6.07) is 9.99. The number of ether oxygens (including phenoxy) is 2. The van der Waals surface area contributed by atoms with Gasteiger partial charge >= 0.3 is 0 Å². The van der Waals surface area contributed by atoms with Crippen LogP contribution in [0.4, 0.5) is 5.69 Å². The van der Waals surface area contributed by atoms with Crippen LogP contribution in [0.3, 0.4) is 0 Å². The molecule has 160 valence electrons. The Kier molecular flexibility index (Phi) is 6.71. The zero-order valence-electron chi connectivity index (χ0n) is 17.2. The molecule has 2 N–H and O–H groups in total. The summed E-state index contributed by atoms with van der Waals surface area (Å²) >= 11 is 5.22. The summed E-state index contributed by atoms with van der Waals surface area (Å²) in [5.74, 6) is -0.267. The molecule has 1 aliphatic rings. The fraction of sp³-hybridized carbons (Fsp3) is 0.174. The minimum absolute atomic E-state index is 0.00404. The molecule has 0 aliphatic carbocycles. The maximum Gasteiger partial charge on any atom is 0.270 e. The van der Waals surface area contributed by atoms with E-state index in [4.69, 9.17) is 21.7 Å². The third-order valence-electron chi connectivity index (χ3n) is 4.58. The van der Waals surface area contributed by atoms with Gasteiger partial charge in [0.15, 0.2) is 16.6 Å². The lowest BCUT2D eigenvalue weighted by atomic mass is 10.0. The van der Waals surface area contributed by atoms with Gasteiger partial charge in [-0.15, -0.1) is 6.58 Å². The number of benzene rings is 2. The number of hydrogen-bond acceptors (Lipinski definition) is 6. The van der Waals surface area contributed by atoms with E-state index in [1.54, 1.807) is 56.5 Å². The van der Waals surface area contributed by atoms with Crippen LogP contribution in [0.25, 0.3) is 6.08 Å². The topological polar surface area (TPSA) is 88.1 Å². The number of amides is 2. The van der Waals surface area contributed by atoms with Gasteiger partial charge in [0.05, 0.1) is 19.4 Å². The van der Waals surface area contributed by atoms with Gasteiger partial charge in [-0.05, 0) is 73.6 Å². The summed E-state index contributed by atoms with van der Waals surface area (Å²) in [6.07, 6.45) is 3.49. The minimum Gasteiger partial charge on any atom is -0.504 e. The quantitative estimate of drug-likeness (QED) is 0.298. The second-order valence-corrected chi connectivity index (χ2v) is 7.00. The minimum atomic E-state index is -0.601. The molecule has 3 rings (SSSR count). The van der Waals surface area contributed by atoms with Crippen molar-refractivity contribution in [3.8, 4) is 17.2 Å². The highest BCUT2D eigenvalue weighted by molar-refractivity contribution is 7.80. The van der Waals surface area contributed by atoms with E-state index in [2.05, 4.69) is 11.9 Å². The van der Waals surface area contributed by atoms with Gasteiger partial charge in [-0.25, -0.2) is 0 Å². The highest BCUT2D eigenvalue weighted by Gasteiger charge is 2.34. The van der Waals surface area contributed by atoms with E-state index in [1.807, 2.05) is 0 Å². The number of carbonyl (C=O) groups is 2. The van der Waals surface area contributed by atoms with Crippen molar-refractivity contribution < 1.29 is 24.2 Å². The summed E-state index contributed by atoms with van der Waals surface area (Å²) in [5, 5.41) is 12.9. The number of hydrogen-bond donors (Lipinski definition) is 2. The van der Waals surface area contributed by atoms with Crippen molar-refractivity contribution in [3.05, 3.63) is 65.8 Å². The molecule has 1 heterocycles. The summed E-state index contributed by atoms with van der Waals surface area (Å²) < 4.78 is 10.6. The molecule has 31 heavy (non-hydrogen) atoms. The number of methoxy groups -OCH3 is 1. The van der Waals surface area contributed by atoms with Crippen molar-refractivity contribution in [1.82, 2.24) is 5.32 Å². The van der Waals surface area contributed by atoms with Crippen LogP contribution >= 0.6 is 12.2 Å². The highest BCUT2D eigenvalue weighted by atomic mass is 32.1. The molecule has 8 heteroatoms. The Hall–Kier alpha value is -3.65. The van der Waals surface area contributed by atoms with Gasteiger partial charge in [-0.1, -0.05) is 6.08 Å². The summed E-state index contributed by atoms with van der Waals surface area (Å²) in [4.78, 5) is 27.0. The van der Waals surface area contributed by atoms with Gasteiger partial charge in [0.2, 0.25) is 0 Å². The Balaban J connectivity index is 2.04. The first-order valence-corrected chi connectivity index (χ1v) is 9.95. The smallest absolute Gasteiger partial charge is 0.270 e. The van der Waals surface area contributed by atoms with Crippen molar-refractivity contribution in [2.75, 3.05) is 18.6 Å². The maximum absolute atomic E-state index is 13.2. The van der Waals surface area contributed by atoms with Crippen molar-refractivity contribution in [2.24, 2.45) is 0 Å². The third-order valence-corrected chi connectivity index (χ3v) is 4.87. The van der Waals surface area contributed by atoms with Crippen LogP contribution in [-0.4, -0.2) is 35.8 Å². The number of rotatable bonds is 7. The maximum atomic E-state index is 13.2. The SMILES string of the molecule is C=CCc1cc(/C=C2\C(=O)NC(=S)N(c3ccc(OC)cc3)C2=O)cc(OCC)c1O. The van der Waals surface area contributed by atoms with Gasteiger partial charge in [-0.2, -0.15) is 0 Å². The molecular weight excluding hydrogens is 416 g/mol. The van der Waals surface area contributed by atoms with Crippen LogP contribution in [-0.2, 0) is 16.0 Å². The van der Waals surface area contributed by atoms with Crippen molar-refractivity contribution in [1.29, 1.82) is 0 Å².